The molecule has 1 radical (unpaired) electrons. The first-order valence-electron chi connectivity index (χ1n) is 4.04. The van der Waals surface area contributed by atoms with Crippen molar-refractivity contribution in [1.82, 2.24) is 5.32 Å². The predicted octanol–water partition coefficient (Wildman–Crippen LogP) is 1.41. The highest BCUT2D eigenvalue weighted by Gasteiger charge is 1.92. The van der Waals surface area contributed by atoms with Crippen molar-refractivity contribution >= 4 is 6.41 Å². The highest BCUT2D eigenvalue weighted by molar-refractivity contribution is 5.47. The van der Waals surface area contributed by atoms with Crippen LogP contribution in [0.5, 0.6) is 0 Å². The van der Waals surface area contributed by atoms with Crippen LogP contribution in [-0.4, -0.2) is 6.41 Å². The summed E-state index contributed by atoms with van der Waals surface area (Å²) in [6.07, 6.45) is 2.68. The fourth-order valence-corrected chi connectivity index (χ4v) is 1.10. The summed E-state index contributed by atoms with van der Waals surface area (Å²) in [5.41, 5.74) is 2.41. The van der Waals surface area contributed by atoms with Crippen molar-refractivity contribution in [1.29, 1.82) is 0 Å². The number of hydrogen-bond donors (Lipinski definition) is 1. The molecule has 0 saturated heterocycles. The maximum absolute atomic E-state index is 9.90. The SMILES string of the molecule is CCc1cccc(CN[C]=O)c1. The zero-order valence-corrected chi connectivity index (χ0v) is 7.13. The van der Waals surface area contributed by atoms with Gasteiger partial charge in [-0.1, -0.05) is 31.2 Å². The largest absolute Gasteiger partial charge is 0.344 e. The molecule has 2 nitrogen and oxygen atoms in total. The van der Waals surface area contributed by atoms with E-state index in [1.54, 1.807) is 6.41 Å². The van der Waals surface area contributed by atoms with Crippen LogP contribution in [-0.2, 0) is 17.8 Å². The van der Waals surface area contributed by atoms with Crippen LogP contribution in [0.2, 0.25) is 0 Å². The molecule has 1 aromatic rings. The maximum Gasteiger partial charge on any atom is 0.309 e. The van der Waals surface area contributed by atoms with E-state index in [0.29, 0.717) is 6.54 Å². The minimum absolute atomic E-state index is 0.567. The molecule has 0 aliphatic heterocycles. The van der Waals surface area contributed by atoms with Gasteiger partial charge in [0, 0.05) is 6.54 Å². The quantitative estimate of drug-likeness (QED) is 0.666. The molecule has 1 N–H and O–H groups in total. The molecule has 1 aromatic carbocycles. The summed E-state index contributed by atoms with van der Waals surface area (Å²) in [7, 11) is 0. The lowest BCUT2D eigenvalue weighted by Crippen LogP contribution is -2.09. The lowest BCUT2D eigenvalue weighted by Gasteiger charge is -2.01. The lowest BCUT2D eigenvalue weighted by atomic mass is 10.1. The third-order valence-electron chi connectivity index (χ3n) is 1.76. The van der Waals surface area contributed by atoms with E-state index >= 15 is 0 Å². The average Bonchev–Trinajstić information content (AvgIpc) is 2.15. The monoisotopic (exact) mass is 162 g/mol. The molecule has 0 aliphatic rings. The van der Waals surface area contributed by atoms with Crippen molar-refractivity contribution in [2.45, 2.75) is 19.9 Å². The van der Waals surface area contributed by atoms with E-state index in [4.69, 9.17) is 0 Å². The summed E-state index contributed by atoms with van der Waals surface area (Å²) in [6, 6.07) is 8.16. The topological polar surface area (TPSA) is 29.1 Å². The summed E-state index contributed by atoms with van der Waals surface area (Å²) in [4.78, 5) is 9.90. The Morgan fingerprint density at radius 2 is 2.17 bits per heavy atom. The Morgan fingerprint density at radius 1 is 1.42 bits per heavy atom. The first kappa shape index (κ1) is 8.78. The zero-order chi connectivity index (χ0) is 8.81. The van der Waals surface area contributed by atoms with Crippen LogP contribution in [0.25, 0.3) is 0 Å². The molecule has 0 fully saturated rings. The second-order valence-electron chi connectivity index (χ2n) is 2.63. The van der Waals surface area contributed by atoms with E-state index in [9.17, 15) is 4.79 Å². The normalized spacial score (nSPS) is 9.42. The molecule has 0 unspecified atom stereocenters. The molecule has 0 spiro atoms. The standard InChI is InChI=1S/C10H12NO/c1-2-9-4-3-5-10(6-9)7-11-8-12/h3-6H,2,7H2,1H3,(H,11,12). The molecule has 0 atom stereocenters. The first-order chi connectivity index (χ1) is 5.86. The Hall–Kier alpha value is -1.31. The van der Waals surface area contributed by atoms with Gasteiger partial charge in [-0.3, -0.25) is 4.79 Å². The molecule has 1 rings (SSSR count). The van der Waals surface area contributed by atoms with Crippen molar-refractivity contribution < 1.29 is 4.79 Å². The zero-order valence-electron chi connectivity index (χ0n) is 7.13. The van der Waals surface area contributed by atoms with Crippen molar-refractivity contribution in [2.24, 2.45) is 0 Å². The second kappa shape index (κ2) is 4.54. The second-order valence-corrected chi connectivity index (χ2v) is 2.63. The number of aryl methyl sites for hydroxylation is 1. The Labute approximate surface area is 72.6 Å². The summed E-state index contributed by atoms with van der Waals surface area (Å²) >= 11 is 0. The Bertz CT molecular complexity index is 258. The van der Waals surface area contributed by atoms with Crippen LogP contribution >= 0.6 is 0 Å². The van der Waals surface area contributed by atoms with Crippen molar-refractivity contribution in [3.63, 3.8) is 0 Å². The van der Waals surface area contributed by atoms with Gasteiger partial charge in [0.2, 0.25) is 0 Å². The van der Waals surface area contributed by atoms with Gasteiger partial charge in [0.15, 0.2) is 0 Å². The van der Waals surface area contributed by atoms with Gasteiger partial charge in [0.1, 0.15) is 0 Å². The first-order valence-corrected chi connectivity index (χ1v) is 4.04. The minimum atomic E-state index is 0.567. The van der Waals surface area contributed by atoms with E-state index in [1.807, 2.05) is 12.1 Å². The van der Waals surface area contributed by atoms with Crippen LogP contribution in [0, 0.1) is 0 Å². The molecular weight excluding hydrogens is 150 g/mol. The van der Waals surface area contributed by atoms with E-state index in [1.165, 1.54) is 5.56 Å². The van der Waals surface area contributed by atoms with Gasteiger partial charge in [-0.25, -0.2) is 0 Å². The van der Waals surface area contributed by atoms with Gasteiger partial charge in [-0.05, 0) is 17.5 Å². The smallest absolute Gasteiger partial charge is 0.309 e. The number of rotatable bonds is 4. The van der Waals surface area contributed by atoms with E-state index < -0.39 is 0 Å². The van der Waals surface area contributed by atoms with Crippen molar-refractivity contribution in [3.05, 3.63) is 35.4 Å². The molecule has 2 heteroatoms. The molecule has 0 heterocycles. The Balaban J connectivity index is 2.65. The Kier molecular flexibility index (Phi) is 3.33. The van der Waals surface area contributed by atoms with Gasteiger partial charge in [-0.2, -0.15) is 0 Å². The molecule has 0 bridgehead atoms. The van der Waals surface area contributed by atoms with Crippen molar-refractivity contribution in [2.75, 3.05) is 0 Å². The van der Waals surface area contributed by atoms with E-state index in [2.05, 4.69) is 24.4 Å². The van der Waals surface area contributed by atoms with Crippen LogP contribution in [0.15, 0.2) is 24.3 Å². The third-order valence-corrected chi connectivity index (χ3v) is 1.76. The van der Waals surface area contributed by atoms with Gasteiger partial charge in [-0.15, -0.1) is 0 Å². The highest BCUT2D eigenvalue weighted by atomic mass is 16.1. The predicted molar refractivity (Wildman–Crippen MR) is 48.4 cm³/mol. The number of hydrogen-bond acceptors (Lipinski definition) is 1. The number of nitrogens with one attached hydrogen (secondary N) is 1. The summed E-state index contributed by atoms with van der Waals surface area (Å²) in [5, 5.41) is 2.51. The van der Waals surface area contributed by atoms with Crippen LogP contribution < -0.4 is 5.32 Å². The fraction of sp³-hybridized carbons (Fsp3) is 0.300. The molecule has 0 saturated carbocycles. The molecule has 1 amide bonds. The van der Waals surface area contributed by atoms with Crippen molar-refractivity contribution in [3.8, 4) is 0 Å². The van der Waals surface area contributed by atoms with Crippen LogP contribution in [0.4, 0.5) is 0 Å². The third kappa shape index (κ3) is 2.38. The molecule has 0 aromatic heterocycles. The van der Waals surface area contributed by atoms with Crippen LogP contribution in [0.3, 0.4) is 0 Å². The average molecular weight is 162 g/mol. The van der Waals surface area contributed by atoms with E-state index in [-0.39, 0.29) is 0 Å². The molecule has 0 aliphatic carbocycles. The summed E-state index contributed by atoms with van der Waals surface area (Å²) in [6.45, 7) is 2.68. The van der Waals surface area contributed by atoms with Gasteiger partial charge in [0.25, 0.3) is 0 Å². The number of carbonyl (C=O) groups excluding carboxylic acids is 1. The van der Waals surface area contributed by atoms with Gasteiger partial charge in [0.05, 0.1) is 0 Å². The summed E-state index contributed by atoms with van der Waals surface area (Å²) in [5.74, 6) is 0. The molecule has 12 heavy (non-hydrogen) atoms. The highest BCUT2D eigenvalue weighted by Crippen LogP contribution is 2.04. The minimum Gasteiger partial charge on any atom is -0.344 e. The van der Waals surface area contributed by atoms with Gasteiger partial charge >= 0.3 is 6.41 Å². The summed E-state index contributed by atoms with van der Waals surface area (Å²) < 4.78 is 0. The number of benzene rings is 1. The Morgan fingerprint density at radius 3 is 2.83 bits per heavy atom. The molecule has 63 valence electrons. The lowest BCUT2D eigenvalue weighted by molar-refractivity contribution is 0.542. The fourth-order valence-electron chi connectivity index (χ4n) is 1.10. The number of amides is 1. The molecular formula is C10H12NO. The van der Waals surface area contributed by atoms with Gasteiger partial charge < -0.3 is 5.32 Å². The van der Waals surface area contributed by atoms with Crippen LogP contribution in [0.1, 0.15) is 18.1 Å². The maximum atomic E-state index is 9.90. The van der Waals surface area contributed by atoms with E-state index in [0.717, 1.165) is 12.0 Å².